The molecule has 21 heavy (non-hydrogen) atoms. The number of para-hydroxylation sites is 1. The average Bonchev–Trinajstić information content (AvgIpc) is 2.91. The van der Waals surface area contributed by atoms with E-state index in [4.69, 9.17) is 5.26 Å². The number of carbonyl (C=O) groups excluding carboxylic acids is 1. The van der Waals surface area contributed by atoms with Gasteiger partial charge in [0.2, 0.25) is 5.91 Å². The Morgan fingerprint density at radius 2 is 1.86 bits per heavy atom. The van der Waals surface area contributed by atoms with Crippen molar-refractivity contribution in [3.05, 3.63) is 66.4 Å². The van der Waals surface area contributed by atoms with Crippen molar-refractivity contribution in [1.29, 1.82) is 5.26 Å². The fourth-order valence-electron chi connectivity index (χ4n) is 2.26. The lowest BCUT2D eigenvalue weighted by molar-refractivity contribution is -0.116. The van der Waals surface area contributed by atoms with Gasteiger partial charge < -0.3 is 9.88 Å². The van der Waals surface area contributed by atoms with E-state index in [1.165, 1.54) is 0 Å². The van der Waals surface area contributed by atoms with Crippen LogP contribution in [-0.4, -0.2) is 10.5 Å². The second kappa shape index (κ2) is 5.51. The molecular weight excluding hydrogens is 262 g/mol. The van der Waals surface area contributed by atoms with Crippen LogP contribution in [0, 0.1) is 11.3 Å². The lowest BCUT2D eigenvalue weighted by Gasteiger charge is -2.07. The van der Waals surface area contributed by atoms with Gasteiger partial charge in [-0.3, -0.25) is 4.79 Å². The fraction of sp³-hybridized carbons (Fsp3) is 0.0588. The number of rotatable bonds is 3. The van der Waals surface area contributed by atoms with Gasteiger partial charge in [-0.25, -0.2) is 0 Å². The van der Waals surface area contributed by atoms with Gasteiger partial charge in [0.15, 0.2) is 0 Å². The Balaban J connectivity index is 1.73. The van der Waals surface area contributed by atoms with Crippen LogP contribution in [0.2, 0.25) is 0 Å². The first kappa shape index (κ1) is 12.9. The monoisotopic (exact) mass is 275 g/mol. The van der Waals surface area contributed by atoms with Crippen molar-refractivity contribution >= 4 is 22.5 Å². The number of anilines is 1. The van der Waals surface area contributed by atoms with Crippen LogP contribution in [0.5, 0.6) is 0 Å². The van der Waals surface area contributed by atoms with Crippen molar-refractivity contribution < 1.29 is 4.79 Å². The topological polar surface area (TPSA) is 57.8 Å². The molecule has 102 valence electrons. The summed E-state index contributed by atoms with van der Waals surface area (Å²) in [5, 5.41) is 12.7. The molecule has 0 saturated carbocycles. The van der Waals surface area contributed by atoms with E-state index in [0.29, 0.717) is 11.3 Å². The van der Waals surface area contributed by atoms with E-state index in [9.17, 15) is 4.79 Å². The highest BCUT2D eigenvalue weighted by atomic mass is 16.1. The molecule has 0 bridgehead atoms. The van der Waals surface area contributed by atoms with Gasteiger partial charge in [-0.1, -0.05) is 18.2 Å². The van der Waals surface area contributed by atoms with Crippen molar-refractivity contribution in [2.45, 2.75) is 6.54 Å². The van der Waals surface area contributed by atoms with Crippen LogP contribution < -0.4 is 5.32 Å². The number of nitrogens with one attached hydrogen (secondary N) is 1. The molecule has 1 amide bonds. The molecule has 0 radical (unpaired) electrons. The largest absolute Gasteiger partial charge is 0.338 e. The molecule has 3 aromatic rings. The number of nitriles is 1. The minimum absolute atomic E-state index is 0.0962. The summed E-state index contributed by atoms with van der Waals surface area (Å²) in [5.74, 6) is -0.0962. The Hall–Kier alpha value is -3.06. The standard InChI is InChI=1S/C17H13N3O/c18-11-13-5-7-15(8-6-13)19-17(21)12-20-10-9-14-3-1-2-4-16(14)20/h1-10H,12H2,(H,19,21). The smallest absolute Gasteiger partial charge is 0.244 e. The highest BCUT2D eigenvalue weighted by Crippen LogP contribution is 2.15. The Labute approximate surface area is 122 Å². The van der Waals surface area contributed by atoms with E-state index >= 15 is 0 Å². The van der Waals surface area contributed by atoms with Crippen LogP contribution in [0.15, 0.2) is 60.8 Å². The van der Waals surface area contributed by atoms with Gasteiger partial charge >= 0.3 is 0 Å². The van der Waals surface area contributed by atoms with Gasteiger partial charge in [0.05, 0.1) is 11.6 Å². The third kappa shape index (κ3) is 2.77. The highest BCUT2D eigenvalue weighted by molar-refractivity contribution is 5.92. The third-order valence-corrected chi connectivity index (χ3v) is 3.29. The van der Waals surface area contributed by atoms with E-state index in [1.54, 1.807) is 24.3 Å². The summed E-state index contributed by atoms with van der Waals surface area (Å²) in [6.45, 7) is 0.257. The van der Waals surface area contributed by atoms with E-state index in [2.05, 4.69) is 5.32 Å². The summed E-state index contributed by atoms with van der Waals surface area (Å²) in [6, 6.07) is 18.8. The molecule has 3 rings (SSSR count). The summed E-state index contributed by atoms with van der Waals surface area (Å²) in [4.78, 5) is 12.1. The zero-order valence-electron chi connectivity index (χ0n) is 11.3. The maximum Gasteiger partial charge on any atom is 0.244 e. The SMILES string of the molecule is N#Cc1ccc(NC(=O)Cn2ccc3ccccc32)cc1. The van der Waals surface area contributed by atoms with Crippen molar-refractivity contribution in [3.63, 3.8) is 0 Å². The van der Waals surface area contributed by atoms with Crippen LogP contribution in [0.25, 0.3) is 10.9 Å². The number of hydrogen-bond donors (Lipinski definition) is 1. The Bertz CT molecular complexity index is 825. The van der Waals surface area contributed by atoms with Gasteiger partial charge in [0, 0.05) is 17.4 Å². The molecule has 0 aliphatic heterocycles. The molecule has 1 N–H and O–H groups in total. The van der Waals surface area contributed by atoms with Crippen LogP contribution in [0.4, 0.5) is 5.69 Å². The molecule has 0 aliphatic rings. The van der Waals surface area contributed by atoms with E-state index in [-0.39, 0.29) is 12.5 Å². The van der Waals surface area contributed by atoms with Crippen molar-refractivity contribution in [2.24, 2.45) is 0 Å². The van der Waals surface area contributed by atoms with Crippen molar-refractivity contribution in [1.82, 2.24) is 4.57 Å². The van der Waals surface area contributed by atoms with Gasteiger partial charge in [-0.05, 0) is 41.8 Å². The number of nitrogens with zero attached hydrogens (tertiary/aromatic N) is 2. The molecule has 0 saturated heterocycles. The number of aromatic nitrogens is 1. The number of carbonyl (C=O) groups is 1. The minimum Gasteiger partial charge on any atom is -0.338 e. The predicted octanol–water partition coefficient (Wildman–Crippen LogP) is 3.15. The molecular formula is C17H13N3O. The maximum atomic E-state index is 12.1. The van der Waals surface area contributed by atoms with Gasteiger partial charge in [0.1, 0.15) is 6.54 Å². The molecule has 4 heteroatoms. The first-order valence-electron chi connectivity index (χ1n) is 6.60. The molecule has 0 unspecified atom stereocenters. The zero-order chi connectivity index (χ0) is 14.7. The van der Waals surface area contributed by atoms with E-state index in [1.807, 2.05) is 47.2 Å². The molecule has 0 atom stereocenters. The van der Waals surface area contributed by atoms with Gasteiger partial charge in [-0.15, -0.1) is 0 Å². The average molecular weight is 275 g/mol. The quantitative estimate of drug-likeness (QED) is 0.798. The lowest BCUT2D eigenvalue weighted by Crippen LogP contribution is -2.18. The summed E-state index contributed by atoms with van der Waals surface area (Å²) in [7, 11) is 0. The molecule has 1 aromatic heterocycles. The molecule has 1 heterocycles. The molecule has 0 aliphatic carbocycles. The first-order valence-corrected chi connectivity index (χ1v) is 6.60. The van der Waals surface area contributed by atoms with Crippen LogP contribution >= 0.6 is 0 Å². The van der Waals surface area contributed by atoms with Crippen LogP contribution in [-0.2, 0) is 11.3 Å². The highest BCUT2D eigenvalue weighted by Gasteiger charge is 2.06. The van der Waals surface area contributed by atoms with Gasteiger partial charge in [-0.2, -0.15) is 5.26 Å². The van der Waals surface area contributed by atoms with Crippen LogP contribution in [0.3, 0.4) is 0 Å². The Morgan fingerprint density at radius 3 is 2.62 bits per heavy atom. The van der Waals surface area contributed by atoms with Gasteiger partial charge in [0.25, 0.3) is 0 Å². The molecule has 0 spiro atoms. The molecule has 0 fully saturated rings. The van der Waals surface area contributed by atoms with Crippen molar-refractivity contribution in [3.8, 4) is 6.07 Å². The van der Waals surface area contributed by atoms with Crippen LogP contribution in [0.1, 0.15) is 5.56 Å². The number of benzene rings is 2. The number of amides is 1. The second-order valence-corrected chi connectivity index (χ2v) is 4.74. The summed E-state index contributed by atoms with van der Waals surface area (Å²) in [5.41, 5.74) is 2.30. The maximum absolute atomic E-state index is 12.1. The van der Waals surface area contributed by atoms with E-state index < -0.39 is 0 Å². The Kier molecular flexibility index (Phi) is 3.40. The molecule has 4 nitrogen and oxygen atoms in total. The molecule has 2 aromatic carbocycles. The van der Waals surface area contributed by atoms with E-state index in [0.717, 1.165) is 10.9 Å². The fourth-order valence-corrected chi connectivity index (χ4v) is 2.26. The number of fused-ring (bicyclic) bond motifs is 1. The zero-order valence-corrected chi connectivity index (χ0v) is 11.3. The summed E-state index contributed by atoms with van der Waals surface area (Å²) >= 11 is 0. The normalized spacial score (nSPS) is 10.2. The third-order valence-electron chi connectivity index (χ3n) is 3.29. The minimum atomic E-state index is -0.0962. The number of hydrogen-bond acceptors (Lipinski definition) is 2. The summed E-state index contributed by atoms with van der Waals surface area (Å²) in [6.07, 6.45) is 1.91. The predicted molar refractivity (Wildman–Crippen MR) is 81.7 cm³/mol. The second-order valence-electron chi connectivity index (χ2n) is 4.74. The summed E-state index contributed by atoms with van der Waals surface area (Å²) < 4.78 is 1.91. The lowest BCUT2D eigenvalue weighted by atomic mass is 10.2. The first-order chi connectivity index (χ1) is 10.3. The Morgan fingerprint density at radius 1 is 1.10 bits per heavy atom. The van der Waals surface area contributed by atoms with Crippen molar-refractivity contribution in [2.75, 3.05) is 5.32 Å².